The van der Waals surface area contributed by atoms with Crippen LogP contribution in [0.15, 0.2) is 42.5 Å². The first-order valence-corrected chi connectivity index (χ1v) is 9.97. The number of amides is 3. The minimum atomic E-state index is -0.299. The monoisotopic (exact) mass is 427 g/mol. The van der Waals surface area contributed by atoms with Gasteiger partial charge in [-0.15, -0.1) is 0 Å². The summed E-state index contributed by atoms with van der Waals surface area (Å²) in [5, 5.41) is 0. The third-order valence-corrected chi connectivity index (χ3v) is 5.39. The van der Waals surface area contributed by atoms with Crippen LogP contribution in [-0.4, -0.2) is 75.2 Å². The third-order valence-electron chi connectivity index (χ3n) is 5.39. The standard InChI is InChI=1S/C23H29N3O5/c1-24(2)21(17-6-8-18(29-3)9-7-17)14-26-22(27)15-25(23(26)28)13-16-10-19(30-4)12-20(11-16)31-5/h6-12,21H,13-15H2,1-5H3. The second-order valence-corrected chi connectivity index (χ2v) is 7.62. The fourth-order valence-electron chi connectivity index (χ4n) is 3.64. The van der Waals surface area contributed by atoms with E-state index in [0.29, 0.717) is 18.0 Å². The quantitative estimate of drug-likeness (QED) is 0.573. The molecule has 8 heteroatoms. The molecule has 0 spiro atoms. The lowest BCUT2D eigenvalue weighted by Gasteiger charge is -2.28. The SMILES string of the molecule is COc1ccc(C(CN2C(=O)CN(Cc3cc(OC)cc(OC)c3)C2=O)N(C)C)cc1. The number of benzene rings is 2. The molecule has 0 radical (unpaired) electrons. The van der Waals surface area contributed by atoms with Crippen molar-refractivity contribution in [3.05, 3.63) is 53.6 Å². The Morgan fingerprint density at radius 1 is 0.903 bits per heavy atom. The van der Waals surface area contributed by atoms with Crippen LogP contribution in [0.1, 0.15) is 17.2 Å². The van der Waals surface area contributed by atoms with Gasteiger partial charge >= 0.3 is 6.03 Å². The van der Waals surface area contributed by atoms with E-state index in [2.05, 4.69) is 0 Å². The van der Waals surface area contributed by atoms with Gasteiger partial charge in [-0.05, 0) is 49.5 Å². The maximum Gasteiger partial charge on any atom is 0.327 e. The van der Waals surface area contributed by atoms with Crippen LogP contribution in [0, 0.1) is 0 Å². The number of rotatable bonds is 9. The number of likely N-dealkylation sites (N-methyl/N-ethyl adjacent to an activating group) is 1. The molecule has 2 aromatic rings. The summed E-state index contributed by atoms with van der Waals surface area (Å²) >= 11 is 0. The van der Waals surface area contributed by atoms with Crippen LogP contribution in [0.5, 0.6) is 17.2 Å². The normalized spacial score (nSPS) is 14.9. The average molecular weight is 428 g/mol. The van der Waals surface area contributed by atoms with Crippen molar-refractivity contribution in [1.82, 2.24) is 14.7 Å². The maximum atomic E-state index is 13.0. The molecule has 31 heavy (non-hydrogen) atoms. The third kappa shape index (κ3) is 5.08. The molecule has 8 nitrogen and oxygen atoms in total. The molecule has 2 aromatic carbocycles. The largest absolute Gasteiger partial charge is 0.497 e. The van der Waals surface area contributed by atoms with E-state index in [-0.39, 0.29) is 31.1 Å². The van der Waals surface area contributed by atoms with Gasteiger partial charge < -0.3 is 24.0 Å². The lowest BCUT2D eigenvalue weighted by atomic mass is 10.1. The molecular formula is C23H29N3O5. The summed E-state index contributed by atoms with van der Waals surface area (Å²) < 4.78 is 15.8. The number of imide groups is 1. The second-order valence-electron chi connectivity index (χ2n) is 7.62. The Morgan fingerprint density at radius 3 is 2.00 bits per heavy atom. The molecule has 0 saturated carbocycles. The summed E-state index contributed by atoms with van der Waals surface area (Å²) in [4.78, 5) is 30.6. The highest BCUT2D eigenvalue weighted by Gasteiger charge is 2.37. The summed E-state index contributed by atoms with van der Waals surface area (Å²) in [6.07, 6.45) is 0. The molecule has 0 aromatic heterocycles. The lowest BCUT2D eigenvalue weighted by molar-refractivity contribution is -0.125. The predicted octanol–water partition coefficient (Wildman–Crippen LogP) is 2.78. The van der Waals surface area contributed by atoms with Crippen LogP contribution in [0.2, 0.25) is 0 Å². The van der Waals surface area contributed by atoms with Gasteiger partial charge in [0.2, 0.25) is 5.91 Å². The summed E-state index contributed by atoms with van der Waals surface area (Å²) in [5.41, 5.74) is 1.83. The smallest absolute Gasteiger partial charge is 0.327 e. The van der Waals surface area contributed by atoms with Gasteiger partial charge in [0.05, 0.1) is 33.9 Å². The van der Waals surface area contributed by atoms with E-state index >= 15 is 0 Å². The van der Waals surface area contributed by atoms with Crippen LogP contribution in [0.25, 0.3) is 0 Å². The summed E-state index contributed by atoms with van der Waals surface area (Å²) in [6, 6.07) is 12.7. The van der Waals surface area contributed by atoms with Gasteiger partial charge in [-0.3, -0.25) is 9.69 Å². The minimum Gasteiger partial charge on any atom is -0.497 e. The molecule has 166 valence electrons. The number of hydrogen-bond donors (Lipinski definition) is 0. The number of ether oxygens (including phenoxy) is 3. The Labute approximate surface area is 182 Å². The average Bonchev–Trinajstić information content (AvgIpc) is 3.03. The number of methoxy groups -OCH3 is 3. The van der Waals surface area contributed by atoms with Crippen molar-refractivity contribution in [1.29, 1.82) is 0 Å². The zero-order valence-electron chi connectivity index (χ0n) is 18.6. The van der Waals surface area contributed by atoms with Crippen molar-refractivity contribution in [3.8, 4) is 17.2 Å². The van der Waals surface area contributed by atoms with E-state index in [9.17, 15) is 9.59 Å². The lowest BCUT2D eigenvalue weighted by Crippen LogP contribution is -2.39. The predicted molar refractivity (Wildman–Crippen MR) is 116 cm³/mol. The van der Waals surface area contributed by atoms with Gasteiger partial charge in [-0.25, -0.2) is 4.79 Å². The molecule has 0 aliphatic carbocycles. The molecule has 1 heterocycles. The van der Waals surface area contributed by atoms with E-state index in [0.717, 1.165) is 16.9 Å². The van der Waals surface area contributed by atoms with Crippen molar-refractivity contribution in [2.75, 3.05) is 48.5 Å². The number of urea groups is 1. The fourth-order valence-corrected chi connectivity index (χ4v) is 3.64. The summed E-state index contributed by atoms with van der Waals surface area (Å²) in [7, 11) is 8.63. The van der Waals surface area contributed by atoms with Crippen molar-refractivity contribution in [2.45, 2.75) is 12.6 Å². The van der Waals surface area contributed by atoms with Crippen molar-refractivity contribution in [2.24, 2.45) is 0 Å². The Morgan fingerprint density at radius 2 is 1.48 bits per heavy atom. The second kappa shape index (κ2) is 9.70. The van der Waals surface area contributed by atoms with Gasteiger partial charge in [0, 0.05) is 12.6 Å². The molecular weight excluding hydrogens is 398 g/mol. The van der Waals surface area contributed by atoms with Gasteiger partial charge in [0.15, 0.2) is 0 Å². The van der Waals surface area contributed by atoms with Gasteiger partial charge in [0.25, 0.3) is 0 Å². The van der Waals surface area contributed by atoms with Crippen LogP contribution in [-0.2, 0) is 11.3 Å². The molecule has 1 fully saturated rings. The minimum absolute atomic E-state index is 0.0428. The first-order chi connectivity index (χ1) is 14.9. The van der Waals surface area contributed by atoms with E-state index in [1.165, 1.54) is 9.80 Å². The molecule has 1 atom stereocenters. The zero-order chi connectivity index (χ0) is 22.5. The molecule has 1 aliphatic heterocycles. The van der Waals surface area contributed by atoms with Gasteiger partial charge in [-0.1, -0.05) is 12.1 Å². The van der Waals surface area contributed by atoms with Gasteiger partial charge in [-0.2, -0.15) is 0 Å². The molecule has 0 bridgehead atoms. The Kier molecular flexibility index (Phi) is 7.02. The van der Waals surface area contributed by atoms with Crippen LogP contribution < -0.4 is 14.2 Å². The topological polar surface area (TPSA) is 71.5 Å². The molecule has 0 N–H and O–H groups in total. The molecule has 3 amide bonds. The van der Waals surface area contributed by atoms with Gasteiger partial charge in [0.1, 0.15) is 23.8 Å². The van der Waals surface area contributed by atoms with Crippen molar-refractivity contribution in [3.63, 3.8) is 0 Å². The maximum absolute atomic E-state index is 13.0. The first-order valence-electron chi connectivity index (χ1n) is 9.97. The van der Waals surface area contributed by atoms with Crippen molar-refractivity contribution >= 4 is 11.9 Å². The van der Waals surface area contributed by atoms with E-state index in [1.807, 2.05) is 55.4 Å². The highest BCUT2D eigenvalue weighted by molar-refractivity contribution is 6.02. The highest BCUT2D eigenvalue weighted by atomic mass is 16.5. The first kappa shape index (κ1) is 22.4. The van der Waals surface area contributed by atoms with E-state index in [4.69, 9.17) is 14.2 Å². The fraction of sp³-hybridized carbons (Fsp3) is 0.391. The number of carbonyl (C=O) groups is 2. The van der Waals surface area contributed by atoms with Crippen LogP contribution >= 0.6 is 0 Å². The molecule has 1 aliphatic rings. The van der Waals surface area contributed by atoms with Crippen LogP contribution in [0.3, 0.4) is 0 Å². The number of hydrogen-bond acceptors (Lipinski definition) is 6. The Bertz CT molecular complexity index is 907. The van der Waals surface area contributed by atoms with E-state index in [1.54, 1.807) is 27.4 Å². The summed E-state index contributed by atoms with van der Waals surface area (Å²) in [6.45, 7) is 0.611. The molecule has 1 unspecified atom stereocenters. The van der Waals surface area contributed by atoms with Crippen molar-refractivity contribution < 1.29 is 23.8 Å². The van der Waals surface area contributed by atoms with Crippen LogP contribution in [0.4, 0.5) is 4.79 Å². The summed E-state index contributed by atoms with van der Waals surface area (Å²) in [5.74, 6) is 1.82. The molecule has 3 rings (SSSR count). The Hall–Kier alpha value is -3.26. The highest BCUT2D eigenvalue weighted by Crippen LogP contribution is 2.27. The zero-order valence-corrected chi connectivity index (χ0v) is 18.6. The Balaban J connectivity index is 1.75. The number of nitrogens with zero attached hydrogens (tertiary/aromatic N) is 3. The number of carbonyl (C=O) groups excluding carboxylic acids is 2. The molecule has 1 saturated heterocycles. The van der Waals surface area contributed by atoms with E-state index < -0.39 is 0 Å².